The molecule has 3 aromatic rings. The lowest BCUT2D eigenvalue weighted by Crippen LogP contribution is -2.25. The zero-order valence-electron chi connectivity index (χ0n) is 15.2. The van der Waals surface area contributed by atoms with Crippen LogP contribution in [0.1, 0.15) is 22.5 Å². The monoisotopic (exact) mass is 362 g/mol. The summed E-state index contributed by atoms with van der Waals surface area (Å²) in [6.07, 6.45) is 4.81. The highest BCUT2D eigenvalue weighted by Crippen LogP contribution is 2.19. The molecule has 6 heteroatoms. The number of aromatic nitrogens is 2. The van der Waals surface area contributed by atoms with Gasteiger partial charge in [-0.1, -0.05) is 36.4 Å². The van der Waals surface area contributed by atoms with Crippen molar-refractivity contribution in [3.63, 3.8) is 0 Å². The zero-order chi connectivity index (χ0) is 18.9. The van der Waals surface area contributed by atoms with Gasteiger partial charge in [-0.05, 0) is 30.5 Å². The molecule has 0 unspecified atom stereocenters. The van der Waals surface area contributed by atoms with Gasteiger partial charge in [-0.15, -0.1) is 0 Å². The third-order valence-electron chi connectivity index (χ3n) is 4.00. The number of hydrogen-bond donors (Lipinski definition) is 2. The second-order valence-corrected chi connectivity index (χ2v) is 5.99. The fraction of sp³-hybridized carbons (Fsp3) is 0.190. The maximum absolute atomic E-state index is 12.2. The van der Waals surface area contributed by atoms with Crippen molar-refractivity contribution in [1.29, 1.82) is 0 Å². The van der Waals surface area contributed by atoms with Crippen molar-refractivity contribution in [3.05, 3.63) is 78.2 Å². The lowest BCUT2D eigenvalue weighted by Gasteiger charge is -2.08. The molecule has 0 spiro atoms. The molecule has 1 amide bonds. The standard InChI is InChI=1S/C21H22N4O2/c1-27-18-11-5-10-17(13-18)25-20-15-23-19(14-24-20)21(26)22-12-6-9-16-7-3-2-4-8-16/h2-5,7-8,10-11,13-15H,6,9,12H2,1H3,(H,22,26)(H,24,25). The molecule has 2 N–H and O–H groups in total. The maximum atomic E-state index is 12.2. The number of anilines is 2. The number of ether oxygens (including phenoxy) is 1. The average molecular weight is 362 g/mol. The first-order valence-electron chi connectivity index (χ1n) is 8.80. The number of rotatable bonds is 8. The van der Waals surface area contributed by atoms with E-state index < -0.39 is 0 Å². The van der Waals surface area contributed by atoms with Crippen molar-refractivity contribution in [3.8, 4) is 5.75 Å². The summed E-state index contributed by atoms with van der Waals surface area (Å²) in [5.41, 5.74) is 2.40. The fourth-order valence-electron chi connectivity index (χ4n) is 2.59. The van der Waals surface area contributed by atoms with E-state index in [0.717, 1.165) is 24.3 Å². The Morgan fingerprint density at radius 3 is 2.63 bits per heavy atom. The molecule has 6 nitrogen and oxygen atoms in total. The largest absolute Gasteiger partial charge is 0.497 e. The zero-order valence-corrected chi connectivity index (χ0v) is 15.2. The van der Waals surface area contributed by atoms with E-state index in [1.54, 1.807) is 13.3 Å². The molecule has 0 aliphatic heterocycles. The molecule has 0 saturated carbocycles. The van der Waals surface area contributed by atoms with Gasteiger partial charge >= 0.3 is 0 Å². The van der Waals surface area contributed by atoms with Crippen LogP contribution in [0.2, 0.25) is 0 Å². The second kappa shape index (κ2) is 9.33. The summed E-state index contributed by atoms with van der Waals surface area (Å²) in [6.45, 7) is 0.596. The molecule has 3 rings (SSSR count). The van der Waals surface area contributed by atoms with Crippen molar-refractivity contribution in [2.75, 3.05) is 19.0 Å². The number of nitrogens with one attached hydrogen (secondary N) is 2. The summed E-state index contributed by atoms with van der Waals surface area (Å²) in [5.74, 6) is 1.09. The minimum absolute atomic E-state index is 0.219. The van der Waals surface area contributed by atoms with E-state index in [1.165, 1.54) is 11.8 Å². The predicted molar refractivity (Wildman–Crippen MR) is 105 cm³/mol. The minimum Gasteiger partial charge on any atom is -0.497 e. The van der Waals surface area contributed by atoms with Gasteiger partial charge in [0.05, 0.1) is 19.5 Å². The topological polar surface area (TPSA) is 76.1 Å². The number of hydrogen-bond acceptors (Lipinski definition) is 5. The lowest BCUT2D eigenvalue weighted by molar-refractivity contribution is 0.0948. The van der Waals surface area contributed by atoms with Crippen molar-refractivity contribution >= 4 is 17.4 Å². The molecule has 1 aromatic heterocycles. The molecule has 0 aliphatic carbocycles. The third kappa shape index (κ3) is 5.54. The molecule has 2 aromatic carbocycles. The van der Waals surface area contributed by atoms with Crippen LogP contribution >= 0.6 is 0 Å². The van der Waals surface area contributed by atoms with Gasteiger partial charge in [-0.2, -0.15) is 0 Å². The summed E-state index contributed by atoms with van der Waals surface area (Å²) < 4.78 is 5.19. The third-order valence-corrected chi connectivity index (χ3v) is 4.00. The number of amides is 1. The first kappa shape index (κ1) is 18.4. The van der Waals surface area contributed by atoms with E-state index in [9.17, 15) is 4.79 Å². The fourth-order valence-corrected chi connectivity index (χ4v) is 2.59. The Balaban J connectivity index is 1.48. The molecular formula is C21H22N4O2. The molecule has 138 valence electrons. The van der Waals surface area contributed by atoms with Crippen LogP contribution in [0.3, 0.4) is 0 Å². The Kier molecular flexibility index (Phi) is 6.35. The molecule has 0 radical (unpaired) electrons. The molecule has 0 atom stereocenters. The van der Waals surface area contributed by atoms with Crippen LogP contribution in [0.15, 0.2) is 67.0 Å². The number of carbonyl (C=O) groups excluding carboxylic acids is 1. The van der Waals surface area contributed by atoms with Gasteiger partial charge in [0.2, 0.25) is 0 Å². The van der Waals surface area contributed by atoms with Crippen LogP contribution in [-0.2, 0) is 6.42 Å². The highest BCUT2D eigenvalue weighted by Gasteiger charge is 2.07. The van der Waals surface area contributed by atoms with Gasteiger partial charge in [0.15, 0.2) is 0 Å². The number of nitrogens with zero attached hydrogens (tertiary/aromatic N) is 2. The van der Waals surface area contributed by atoms with E-state index in [4.69, 9.17) is 4.74 Å². The van der Waals surface area contributed by atoms with E-state index in [2.05, 4.69) is 32.7 Å². The lowest BCUT2D eigenvalue weighted by atomic mass is 10.1. The van der Waals surface area contributed by atoms with Gasteiger partial charge in [0.25, 0.3) is 5.91 Å². The van der Waals surface area contributed by atoms with E-state index in [0.29, 0.717) is 18.1 Å². The van der Waals surface area contributed by atoms with Gasteiger partial charge in [0, 0.05) is 18.3 Å². The Bertz CT molecular complexity index is 867. The van der Waals surface area contributed by atoms with Crippen molar-refractivity contribution in [2.24, 2.45) is 0 Å². The van der Waals surface area contributed by atoms with Crippen LogP contribution in [0.5, 0.6) is 5.75 Å². The second-order valence-electron chi connectivity index (χ2n) is 5.99. The van der Waals surface area contributed by atoms with Crippen LogP contribution in [-0.4, -0.2) is 29.5 Å². The van der Waals surface area contributed by atoms with Crippen LogP contribution in [0.25, 0.3) is 0 Å². The quantitative estimate of drug-likeness (QED) is 0.599. The van der Waals surface area contributed by atoms with Crippen LogP contribution in [0, 0.1) is 0 Å². The number of carbonyl (C=O) groups is 1. The first-order chi connectivity index (χ1) is 13.2. The Morgan fingerprint density at radius 1 is 1.04 bits per heavy atom. The van der Waals surface area contributed by atoms with Gasteiger partial charge in [-0.25, -0.2) is 9.97 Å². The number of methoxy groups -OCH3 is 1. The first-order valence-corrected chi connectivity index (χ1v) is 8.80. The molecule has 0 saturated heterocycles. The van der Waals surface area contributed by atoms with E-state index >= 15 is 0 Å². The molecule has 1 heterocycles. The highest BCUT2D eigenvalue weighted by atomic mass is 16.5. The summed E-state index contributed by atoms with van der Waals surface area (Å²) >= 11 is 0. The predicted octanol–water partition coefficient (Wildman–Crippen LogP) is 3.59. The minimum atomic E-state index is -0.219. The van der Waals surface area contributed by atoms with Crippen molar-refractivity contribution in [1.82, 2.24) is 15.3 Å². The maximum Gasteiger partial charge on any atom is 0.271 e. The van der Waals surface area contributed by atoms with Gasteiger partial charge in [-0.3, -0.25) is 4.79 Å². The Hall–Kier alpha value is -3.41. The van der Waals surface area contributed by atoms with E-state index in [1.807, 2.05) is 42.5 Å². The molecule has 0 fully saturated rings. The van der Waals surface area contributed by atoms with Gasteiger partial charge < -0.3 is 15.4 Å². The van der Waals surface area contributed by atoms with Crippen LogP contribution in [0.4, 0.5) is 11.5 Å². The summed E-state index contributed by atoms with van der Waals surface area (Å²) in [4.78, 5) is 20.6. The SMILES string of the molecule is COc1cccc(Nc2cnc(C(=O)NCCCc3ccccc3)cn2)c1. The van der Waals surface area contributed by atoms with Gasteiger partial charge in [0.1, 0.15) is 17.3 Å². The van der Waals surface area contributed by atoms with E-state index in [-0.39, 0.29) is 5.91 Å². The van der Waals surface area contributed by atoms with Crippen molar-refractivity contribution in [2.45, 2.75) is 12.8 Å². The Labute approximate surface area is 158 Å². The molecular weight excluding hydrogens is 340 g/mol. The average Bonchev–Trinajstić information content (AvgIpc) is 2.72. The Morgan fingerprint density at radius 2 is 1.89 bits per heavy atom. The normalized spacial score (nSPS) is 10.3. The highest BCUT2D eigenvalue weighted by molar-refractivity contribution is 5.92. The van der Waals surface area contributed by atoms with Crippen LogP contribution < -0.4 is 15.4 Å². The molecule has 0 aliphatic rings. The number of benzene rings is 2. The summed E-state index contributed by atoms with van der Waals surface area (Å²) in [6, 6.07) is 17.7. The summed E-state index contributed by atoms with van der Waals surface area (Å²) in [5, 5.41) is 6.00. The smallest absolute Gasteiger partial charge is 0.271 e. The number of aryl methyl sites for hydroxylation is 1. The molecule has 27 heavy (non-hydrogen) atoms. The summed E-state index contributed by atoms with van der Waals surface area (Å²) in [7, 11) is 1.62. The molecule has 0 bridgehead atoms. The van der Waals surface area contributed by atoms with Crippen molar-refractivity contribution < 1.29 is 9.53 Å².